The van der Waals surface area contributed by atoms with Crippen LogP contribution in [0.1, 0.15) is 222 Å². The van der Waals surface area contributed by atoms with Crippen LogP contribution in [-0.4, -0.2) is 128 Å². The van der Waals surface area contributed by atoms with Gasteiger partial charge in [0.2, 0.25) is 47.1 Å². The van der Waals surface area contributed by atoms with Gasteiger partial charge < -0.3 is 55.0 Å². The van der Waals surface area contributed by atoms with Crippen molar-refractivity contribution in [3.05, 3.63) is 279 Å². The van der Waals surface area contributed by atoms with Crippen LogP contribution >= 0.6 is 15.9 Å². The molecule has 2 aliphatic carbocycles. The first kappa shape index (κ1) is 108. The van der Waals surface area contributed by atoms with Crippen molar-refractivity contribution in [2.75, 3.05) is 18.5 Å². The number of unbranched alkanes of at least 4 members (excludes halogenated alkanes) is 12. The first-order chi connectivity index (χ1) is 73.1. The number of rotatable bonds is 52. The number of halogens is 1. The van der Waals surface area contributed by atoms with Crippen molar-refractivity contribution in [1.29, 1.82) is 0 Å². The van der Waals surface area contributed by atoms with Crippen LogP contribution in [0.25, 0.3) is 150 Å². The lowest BCUT2D eigenvalue weighted by molar-refractivity contribution is -0.120. The molecule has 32 heteroatoms. The summed E-state index contributed by atoms with van der Waals surface area (Å²) in [5.41, 5.74) is 16.0. The van der Waals surface area contributed by atoms with Crippen molar-refractivity contribution in [3.8, 4) is 173 Å². The van der Waals surface area contributed by atoms with Crippen LogP contribution in [0.15, 0.2) is 281 Å². The molecule has 0 unspecified atom stereocenters. The molecule has 31 nitrogen and oxygen atoms in total. The Hall–Kier alpha value is -16.0. The zero-order valence-corrected chi connectivity index (χ0v) is 87.2. The van der Waals surface area contributed by atoms with Crippen LogP contribution in [0, 0.1) is 31.6 Å². The Labute approximate surface area is 880 Å². The molecular weight excluding hydrogens is 1960 g/mol. The zero-order chi connectivity index (χ0) is 105. The van der Waals surface area contributed by atoms with Gasteiger partial charge in [-0.2, -0.15) is 0 Å². The third-order valence-corrected chi connectivity index (χ3v) is 27.8. The highest BCUT2D eigenvalue weighted by molar-refractivity contribution is 9.09. The largest absolute Gasteiger partial charge is 0.508 e. The number of benzene rings is 8. The Morgan fingerprint density at radius 1 is 0.293 bits per heavy atom. The molecule has 8 aromatic heterocycles. The van der Waals surface area contributed by atoms with Gasteiger partial charge in [0, 0.05) is 118 Å². The van der Waals surface area contributed by atoms with Gasteiger partial charge in [0.05, 0.1) is 13.2 Å². The summed E-state index contributed by atoms with van der Waals surface area (Å²) in [4.78, 5) is 35.5. The quantitative estimate of drug-likeness (QED) is 0.0203. The maximum Gasteiger partial charge on any atom is 0.306 e. The van der Waals surface area contributed by atoms with Crippen molar-refractivity contribution >= 4 is 33.3 Å². The third kappa shape index (κ3) is 26.9. The van der Waals surface area contributed by atoms with Crippen LogP contribution in [0.5, 0.6) is 23.0 Å². The minimum Gasteiger partial charge on any atom is -0.508 e. The van der Waals surface area contributed by atoms with Gasteiger partial charge in [0.15, 0.2) is 0 Å². The summed E-state index contributed by atoms with van der Waals surface area (Å²) >= 11 is 3.41. The highest BCUT2D eigenvalue weighted by Crippen LogP contribution is 2.56. The summed E-state index contributed by atoms with van der Waals surface area (Å²) in [6.07, 6.45) is 34.1. The molecule has 2 aliphatic rings. The van der Waals surface area contributed by atoms with E-state index in [2.05, 4.69) is 226 Å². The predicted octanol–water partition coefficient (Wildman–Crippen LogP) is 28.7. The topological polar surface area (TPSA) is 421 Å². The van der Waals surface area contributed by atoms with E-state index in [1.807, 2.05) is 66.7 Å². The van der Waals surface area contributed by atoms with E-state index < -0.39 is 0 Å². The molecule has 0 amide bonds. The van der Waals surface area contributed by atoms with Gasteiger partial charge in [-0.25, -0.2) is 0 Å². The summed E-state index contributed by atoms with van der Waals surface area (Å²) < 4.78 is 58.3. The van der Waals surface area contributed by atoms with Crippen molar-refractivity contribution in [3.63, 3.8) is 0 Å². The molecule has 0 radical (unpaired) electrons. The summed E-state index contributed by atoms with van der Waals surface area (Å²) in [5.74, 6) is 6.94. The van der Waals surface area contributed by atoms with Crippen LogP contribution in [-0.2, 0) is 25.2 Å². The molecule has 0 fully saturated rings. The molecule has 0 bridgehead atoms. The SMILES string of the molecule is C=CC(C=C)CC(=O)CCCCCCCBr.C=CC(C=C)CC(=O)CCCCCCCOc1ccc(-c2nnc(-c3nnc(-c4ccc5c(c4)C(CC)(CC)c4cc(C)ccc4-5)o3)o2)cc1.C=CC(C=C)CC(=O)CCCCCCCOc1ccc(-c2nnc(-c3nnc(C)o3)o2)cc1.CCC1(CC)c2cc(-c3nnc(-c4nnc(-c5ccc(O)cc5)o4)o3)ccc2-c2ccc(-c3nnc(-c4nnc(-c5ccc(O)cc5)o4)o3)cc21. The van der Waals surface area contributed by atoms with Gasteiger partial charge in [-0.05, 0) is 249 Å². The monoisotopic (exact) mass is 2080 g/mol. The number of alkyl halides is 1. The maximum absolute atomic E-state index is 12.1. The first-order valence-corrected chi connectivity index (χ1v) is 52.4. The number of allylic oxidation sites excluding steroid dienone is 6. The number of fused-ring (bicyclic) bond motifs is 6. The number of phenols is 2. The highest BCUT2D eigenvalue weighted by Gasteiger charge is 2.43. The molecule has 18 rings (SSSR count). The van der Waals surface area contributed by atoms with Crippen LogP contribution in [0.4, 0.5) is 0 Å². The fraction of sp³-hybridized carbons (Fsp3) is 0.331. The number of aromatic nitrogens is 16. The summed E-state index contributed by atoms with van der Waals surface area (Å²) in [7, 11) is 0. The van der Waals surface area contributed by atoms with E-state index in [4.69, 9.17) is 44.8 Å². The zero-order valence-electron chi connectivity index (χ0n) is 85.6. The molecule has 0 spiro atoms. The number of carbonyl (C=O) groups is 3. The Bertz CT molecular complexity index is 7040. The molecular formula is C118H125BrN16O15. The summed E-state index contributed by atoms with van der Waals surface area (Å²) in [6.45, 7) is 36.3. The first-order valence-electron chi connectivity index (χ1n) is 51.3. The van der Waals surface area contributed by atoms with E-state index >= 15 is 0 Å². The number of carbonyl (C=O) groups excluding carboxylic acids is 3. The molecule has 150 heavy (non-hydrogen) atoms. The number of ketones is 3. The predicted molar refractivity (Wildman–Crippen MR) is 577 cm³/mol. The second-order valence-electron chi connectivity index (χ2n) is 37.1. The minimum atomic E-state index is -0.306. The fourth-order valence-electron chi connectivity index (χ4n) is 18.6. The number of aryl methyl sites for hydroxylation is 2. The third-order valence-electron chi connectivity index (χ3n) is 27.2. The molecule has 0 atom stereocenters. The van der Waals surface area contributed by atoms with E-state index in [9.17, 15) is 24.6 Å². The lowest BCUT2D eigenvalue weighted by atomic mass is 9.73. The van der Waals surface area contributed by atoms with Gasteiger partial charge in [-0.3, -0.25) is 14.4 Å². The smallest absolute Gasteiger partial charge is 0.306 e. The second kappa shape index (κ2) is 52.6. The number of Topliss-reactive ketones (excluding diaryl/α,β-unsaturated/α-hetero) is 3. The lowest BCUT2D eigenvalue weighted by Gasteiger charge is -2.30. The molecule has 774 valence electrons. The lowest BCUT2D eigenvalue weighted by Crippen LogP contribution is -2.23. The molecule has 16 aromatic rings. The molecule has 0 aliphatic heterocycles. The number of hydrogen-bond donors (Lipinski definition) is 2. The molecule has 0 saturated carbocycles. The Kier molecular flexibility index (Phi) is 37.9. The molecule has 8 heterocycles. The number of phenolic OH excluding ortho intramolecular Hbond substituents is 2. The molecule has 8 aromatic carbocycles. The van der Waals surface area contributed by atoms with Gasteiger partial charge in [0.1, 0.15) is 40.3 Å². The van der Waals surface area contributed by atoms with E-state index in [-0.39, 0.29) is 111 Å². The second-order valence-corrected chi connectivity index (χ2v) is 37.9. The van der Waals surface area contributed by atoms with E-state index in [0.717, 1.165) is 163 Å². The number of hydrogen-bond acceptors (Lipinski definition) is 31. The summed E-state index contributed by atoms with van der Waals surface area (Å²) in [6, 6.07) is 53.5. The summed E-state index contributed by atoms with van der Waals surface area (Å²) in [5, 5.41) is 86.2. The van der Waals surface area contributed by atoms with Crippen molar-refractivity contribution in [1.82, 2.24) is 81.6 Å². The highest BCUT2D eigenvalue weighted by atomic mass is 79.9. The van der Waals surface area contributed by atoms with E-state index in [1.165, 1.54) is 53.5 Å². The molecule has 0 saturated heterocycles. The van der Waals surface area contributed by atoms with Crippen LogP contribution in [0.3, 0.4) is 0 Å². The maximum atomic E-state index is 12.1. The Morgan fingerprint density at radius 3 is 0.800 bits per heavy atom. The van der Waals surface area contributed by atoms with E-state index in [0.29, 0.717) is 104 Å². The van der Waals surface area contributed by atoms with Crippen molar-refractivity contribution in [2.24, 2.45) is 17.8 Å². The number of nitrogens with zero attached hydrogens (tertiary/aromatic N) is 16. The number of ether oxygens (including phenoxy) is 2. The van der Waals surface area contributed by atoms with Gasteiger partial charge in [0.25, 0.3) is 0 Å². The normalized spacial score (nSPS) is 12.2. The Balaban J connectivity index is 0.000000160. The average molecular weight is 2090 g/mol. The fourth-order valence-corrected chi connectivity index (χ4v) is 19.0. The van der Waals surface area contributed by atoms with Crippen LogP contribution in [0.2, 0.25) is 0 Å². The average Bonchev–Trinajstić information content (AvgIpc) is 1.56. The van der Waals surface area contributed by atoms with Crippen molar-refractivity contribution in [2.45, 2.75) is 213 Å². The van der Waals surface area contributed by atoms with Gasteiger partial charge in [-0.1, -0.05) is 180 Å². The van der Waals surface area contributed by atoms with Crippen molar-refractivity contribution < 1.29 is 69.4 Å². The van der Waals surface area contributed by atoms with Crippen LogP contribution < -0.4 is 9.47 Å². The standard InChI is InChI=1S/C42H46N4O4.C37H26N8O6.C25H30N4O4.C14H23BrO/c1-6-29(7-2)26-32(47)15-13-11-10-12-14-24-48-33-20-17-30(18-21-33)38-43-45-40(49-38)41-46-44-39(50-41)31-19-23-35-34-22-16-28(5)25-36(34)42(8-3,9-4)37(35)27-31;1-3-37(4-2)27-17-21(31-40-44-35(50-31)33-42-38-29(48-33)19-5-11-23(46)12-6-19)9-15-25(27)26-16-10-22(18-28(26)37)32-41-45-36(51-32)34-43-39-30(49-34)20-7-13-24(47)14-8-20;1-4-19(5-2)17-21(30)11-9-7-6-8-10-16-31-22-14-12-20(13-15-22)23-27-29-25(33-23)24-28-26-18(3)32-24;1-3-13(4-2)12-14(16)10-8-6-5-7-9-11-15/h6-7,16-23,25,27,29H,1-2,8-15,24,26H2,3-5H3;5-18,46-47H,3-4H2,1-2H3;4-5,12-15,19H,1-2,6-11,16-17H2,3H3;3-4,13H,1-2,5-12H2. The van der Waals surface area contributed by atoms with E-state index in [1.54, 1.807) is 91.9 Å². The minimum absolute atomic E-state index is 0.0529. The Morgan fingerprint density at radius 2 is 0.527 bits per heavy atom. The van der Waals surface area contributed by atoms with Gasteiger partial charge in [-0.15, -0.1) is 121 Å². The molecule has 2 N–H and O–H groups in total. The van der Waals surface area contributed by atoms with Gasteiger partial charge >= 0.3 is 47.1 Å². The number of aromatic hydroxyl groups is 2.